The van der Waals surface area contributed by atoms with Crippen LogP contribution in [0.15, 0.2) is 54.5 Å². The number of fused-ring (bicyclic) bond motifs is 3. The van der Waals surface area contributed by atoms with Gasteiger partial charge in [0.05, 0.1) is 24.2 Å². The summed E-state index contributed by atoms with van der Waals surface area (Å²) in [6.45, 7) is 1.66. The van der Waals surface area contributed by atoms with Crippen molar-refractivity contribution in [3.8, 4) is 11.4 Å². The highest BCUT2D eigenvalue weighted by atomic mass is 19.1. The number of benzene rings is 1. The van der Waals surface area contributed by atoms with Gasteiger partial charge in [0, 0.05) is 17.8 Å². The molecular weight excluding hydrogens is 419 g/mol. The maximum atomic E-state index is 13.8. The van der Waals surface area contributed by atoms with Gasteiger partial charge < -0.3 is 10.4 Å². The predicted molar refractivity (Wildman–Crippen MR) is 123 cm³/mol. The van der Waals surface area contributed by atoms with Gasteiger partial charge in [-0.2, -0.15) is 0 Å². The molecule has 2 aliphatic carbocycles. The summed E-state index contributed by atoms with van der Waals surface area (Å²) >= 11 is 0. The lowest BCUT2D eigenvalue weighted by Gasteiger charge is -2.26. The number of halogens is 1. The average molecular weight is 442 g/mol. The zero-order valence-electron chi connectivity index (χ0n) is 18.2. The highest BCUT2D eigenvalue weighted by Gasteiger charge is 2.29. The third kappa shape index (κ3) is 3.47. The van der Waals surface area contributed by atoms with E-state index < -0.39 is 11.9 Å². The van der Waals surface area contributed by atoms with Crippen molar-refractivity contribution in [2.24, 2.45) is 0 Å². The van der Waals surface area contributed by atoms with Crippen molar-refractivity contribution >= 4 is 17.0 Å². The molecule has 6 rings (SSSR count). The lowest BCUT2D eigenvalue weighted by molar-refractivity contribution is 0.192. The van der Waals surface area contributed by atoms with Gasteiger partial charge in [-0.3, -0.25) is 4.98 Å². The maximum absolute atomic E-state index is 13.8. The number of aliphatic hydroxyl groups is 1. The number of hydrogen-bond donors (Lipinski definition) is 2. The topological polar surface area (TPSA) is 88.2 Å². The van der Waals surface area contributed by atoms with E-state index in [0.717, 1.165) is 31.9 Å². The van der Waals surface area contributed by atoms with Crippen molar-refractivity contribution in [2.45, 2.75) is 44.8 Å². The Morgan fingerprint density at radius 2 is 2.09 bits per heavy atom. The monoisotopic (exact) mass is 442 g/mol. The molecule has 0 spiro atoms. The van der Waals surface area contributed by atoms with Gasteiger partial charge in [0.1, 0.15) is 5.82 Å². The number of nitrogens with zero attached hydrogens (tertiary/aromatic N) is 5. The summed E-state index contributed by atoms with van der Waals surface area (Å²) in [5.41, 5.74) is 7.26. The number of nitrogens with one attached hydrogen (secondary N) is 1. The van der Waals surface area contributed by atoms with Crippen LogP contribution in [-0.4, -0.2) is 35.7 Å². The first-order valence-corrected chi connectivity index (χ1v) is 11.2. The fourth-order valence-electron chi connectivity index (χ4n) is 4.94. The zero-order valence-corrected chi connectivity index (χ0v) is 18.2. The van der Waals surface area contributed by atoms with Crippen LogP contribution >= 0.6 is 0 Å². The Morgan fingerprint density at radius 3 is 2.94 bits per heavy atom. The number of allylic oxidation sites excluding steroid dienone is 1. The summed E-state index contributed by atoms with van der Waals surface area (Å²) in [6.07, 6.45) is 7.49. The normalized spacial score (nSPS) is 18.3. The molecule has 0 bridgehead atoms. The molecule has 4 aromatic rings. The number of pyridine rings is 1. The van der Waals surface area contributed by atoms with Crippen LogP contribution in [0.4, 0.5) is 10.2 Å². The Hall–Kier alpha value is -3.65. The summed E-state index contributed by atoms with van der Waals surface area (Å²) in [5.74, 6) is 0.425. The molecule has 2 atom stereocenters. The van der Waals surface area contributed by atoms with Gasteiger partial charge in [-0.15, -0.1) is 5.10 Å². The van der Waals surface area contributed by atoms with E-state index in [2.05, 4.69) is 44.6 Å². The second-order valence-electron chi connectivity index (χ2n) is 8.77. The Balaban J connectivity index is 1.38. The van der Waals surface area contributed by atoms with Crippen LogP contribution in [0.5, 0.6) is 0 Å². The standard InChI is InChI=1S/C25H23FN6O/c1-14(33)22-13-28-25-24(30-23(31-32(22)25)17-9-18(26)12-27-11-17)29-19-7-6-16-8-15-4-2-3-5-20(15)21(16)10-19/h2-5,9,11-14,19,33H,6-8,10H2,1H3,(H,29,30,31)/t14-,19+/m0/s1. The number of rotatable bonds is 4. The lowest BCUT2D eigenvalue weighted by atomic mass is 9.88. The lowest BCUT2D eigenvalue weighted by Crippen LogP contribution is -2.24. The van der Waals surface area contributed by atoms with Crippen molar-refractivity contribution in [3.63, 3.8) is 0 Å². The van der Waals surface area contributed by atoms with Gasteiger partial charge in [0.2, 0.25) is 0 Å². The van der Waals surface area contributed by atoms with E-state index in [-0.39, 0.29) is 6.04 Å². The predicted octanol–water partition coefficient (Wildman–Crippen LogP) is 4.35. The minimum atomic E-state index is -0.765. The van der Waals surface area contributed by atoms with Gasteiger partial charge in [0.25, 0.3) is 0 Å². The van der Waals surface area contributed by atoms with Gasteiger partial charge >= 0.3 is 0 Å². The summed E-state index contributed by atoms with van der Waals surface area (Å²) in [5, 5.41) is 18.3. The first-order chi connectivity index (χ1) is 16.1. The van der Waals surface area contributed by atoms with E-state index in [1.54, 1.807) is 17.6 Å². The van der Waals surface area contributed by atoms with E-state index in [1.807, 2.05) is 0 Å². The van der Waals surface area contributed by atoms with Crippen LogP contribution < -0.4 is 5.32 Å². The molecule has 3 aromatic heterocycles. The molecule has 8 heteroatoms. The fourth-order valence-corrected chi connectivity index (χ4v) is 4.94. The van der Waals surface area contributed by atoms with Crippen molar-refractivity contribution in [1.29, 1.82) is 0 Å². The molecule has 3 heterocycles. The van der Waals surface area contributed by atoms with E-state index in [0.29, 0.717) is 28.5 Å². The molecule has 0 saturated heterocycles. The highest BCUT2D eigenvalue weighted by molar-refractivity contribution is 5.78. The second kappa shape index (κ2) is 7.74. The summed E-state index contributed by atoms with van der Waals surface area (Å²) in [4.78, 5) is 13.1. The molecule has 2 aliphatic rings. The Morgan fingerprint density at radius 1 is 1.21 bits per heavy atom. The minimum Gasteiger partial charge on any atom is -0.387 e. The van der Waals surface area contributed by atoms with E-state index >= 15 is 0 Å². The van der Waals surface area contributed by atoms with E-state index in [4.69, 9.17) is 4.98 Å². The van der Waals surface area contributed by atoms with Crippen molar-refractivity contribution < 1.29 is 9.50 Å². The molecule has 2 N–H and O–H groups in total. The highest BCUT2D eigenvalue weighted by Crippen LogP contribution is 2.42. The molecule has 166 valence electrons. The Bertz CT molecular complexity index is 1410. The largest absolute Gasteiger partial charge is 0.387 e. The van der Waals surface area contributed by atoms with Crippen molar-refractivity contribution in [1.82, 2.24) is 24.6 Å². The zero-order chi connectivity index (χ0) is 22.5. The van der Waals surface area contributed by atoms with E-state index in [1.165, 1.54) is 34.5 Å². The summed E-state index contributed by atoms with van der Waals surface area (Å²) in [6, 6.07) is 10.2. The Kier molecular flexibility index (Phi) is 4.69. The summed E-state index contributed by atoms with van der Waals surface area (Å²) in [7, 11) is 0. The number of hydrogen-bond acceptors (Lipinski definition) is 6. The number of anilines is 1. The second-order valence-corrected chi connectivity index (χ2v) is 8.77. The molecule has 0 aliphatic heterocycles. The molecule has 0 amide bonds. The quantitative estimate of drug-likeness (QED) is 0.489. The van der Waals surface area contributed by atoms with Gasteiger partial charge in [-0.25, -0.2) is 18.9 Å². The molecule has 0 fully saturated rings. The average Bonchev–Trinajstić information content (AvgIpc) is 3.41. The van der Waals surface area contributed by atoms with Crippen LogP contribution in [0.25, 0.3) is 22.6 Å². The number of imidazole rings is 1. The van der Waals surface area contributed by atoms with Crippen LogP contribution in [0.2, 0.25) is 0 Å². The number of aliphatic hydroxyl groups excluding tert-OH is 1. The van der Waals surface area contributed by atoms with Crippen LogP contribution in [-0.2, 0) is 6.42 Å². The minimum absolute atomic E-state index is 0.179. The first-order valence-electron chi connectivity index (χ1n) is 11.2. The van der Waals surface area contributed by atoms with E-state index in [9.17, 15) is 9.50 Å². The third-order valence-electron chi connectivity index (χ3n) is 6.54. The van der Waals surface area contributed by atoms with Gasteiger partial charge in [-0.1, -0.05) is 29.8 Å². The fraction of sp³-hybridized carbons (Fsp3) is 0.280. The first kappa shape index (κ1) is 20.0. The van der Waals surface area contributed by atoms with Crippen LogP contribution in [0.3, 0.4) is 0 Å². The molecular formula is C25H23FN6O. The third-order valence-corrected chi connectivity index (χ3v) is 6.54. The molecule has 1 aromatic carbocycles. The summed E-state index contributed by atoms with van der Waals surface area (Å²) < 4.78 is 15.4. The van der Waals surface area contributed by atoms with Crippen LogP contribution in [0.1, 0.15) is 49.1 Å². The SMILES string of the molecule is C[C@H](O)c1cnc2c(N[C@@H]3CCC4=C(C3)c3ccccc3C4)nc(-c3cncc(F)c3)nn12. The Labute approximate surface area is 190 Å². The molecule has 0 radical (unpaired) electrons. The molecule has 0 saturated carbocycles. The van der Waals surface area contributed by atoms with Crippen molar-refractivity contribution in [3.05, 3.63) is 77.1 Å². The maximum Gasteiger partial charge on any atom is 0.197 e. The van der Waals surface area contributed by atoms with Crippen LogP contribution in [0, 0.1) is 5.82 Å². The molecule has 33 heavy (non-hydrogen) atoms. The number of aromatic nitrogens is 5. The molecule has 7 nitrogen and oxygen atoms in total. The van der Waals surface area contributed by atoms with Crippen molar-refractivity contribution in [2.75, 3.05) is 5.32 Å². The van der Waals surface area contributed by atoms with Gasteiger partial charge in [0.15, 0.2) is 17.3 Å². The van der Waals surface area contributed by atoms with Gasteiger partial charge in [-0.05, 0) is 55.4 Å². The smallest absolute Gasteiger partial charge is 0.197 e. The molecule has 0 unspecified atom stereocenters.